The average molecular weight is 347 g/mol. The number of benzene rings is 2. The first-order chi connectivity index (χ1) is 11.8. The Morgan fingerprint density at radius 2 is 2.00 bits per heavy atom. The molecule has 0 aliphatic heterocycles. The van der Waals surface area contributed by atoms with Crippen LogP contribution >= 0.6 is 0 Å². The van der Waals surface area contributed by atoms with Gasteiger partial charge in [0.25, 0.3) is 11.6 Å². The SMILES string of the molecule is CN(C)c1ccc([N+](=O)[O-])cc1C(=O)NCC(O)c1ccccc1F. The molecule has 1 unspecified atom stereocenters. The Bertz CT molecular complexity index is 795. The predicted octanol–water partition coefficient (Wildman–Crippen LogP) is 2.26. The van der Waals surface area contributed by atoms with Gasteiger partial charge in [0.15, 0.2) is 0 Å². The topological polar surface area (TPSA) is 95.7 Å². The molecule has 2 aromatic rings. The van der Waals surface area contributed by atoms with E-state index in [1.165, 1.54) is 36.4 Å². The third kappa shape index (κ3) is 4.30. The van der Waals surface area contributed by atoms with E-state index in [0.29, 0.717) is 5.69 Å². The summed E-state index contributed by atoms with van der Waals surface area (Å²) in [4.78, 5) is 24.4. The number of anilines is 1. The first kappa shape index (κ1) is 18.3. The number of amides is 1. The largest absolute Gasteiger partial charge is 0.386 e. The van der Waals surface area contributed by atoms with Crippen LogP contribution in [0.2, 0.25) is 0 Å². The van der Waals surface area contributed by atoms with Crippen LogP contribution in [-0.2, 0) is 0 Å². The molecule has 0 aliphatic rings. The fraction of sp³-hybridized carbons (Fsp3) is 0.235. The van der Waals surface area contributed by atoms with E-state index in [4.69, 9.17) is 0 Å². The summed E-state index contributed by atoms with van der Waals surface area (Å²) in [5.74, 6) is -1.17. The minimum Gasteiger partial charge on any atom is -0.386 e. The van der Waals surface area contributed by atoms with Crippen molar-refractivity contribution < 1.29 is 19.2 Å². The molecule has 0 aromatic heterocycles. The highest BCUT2D eigenvalue weighted by Crippen LogP contribution is 2.24. The number of carbonyl (C=O) groups is 1. The second-order valence-corrected chi connectivity index (χ2v) is 5.60. The van der Waals surface area contributed by atoms with Crippen molar-refractivity contribution in [2.24, 2.45) is 0 Å². The third-order valence-corrected chi connectivity index (χ3v) is 3.64. The molecule has 8 heteroatoms. The molecule has 0 bridgehead atoms. The molecule has 2 N–H and O–H groups in total. The van der Waals surface area contributed by atoms with E-state index < -0.39 is 22.8 Å². The van der Waals surface area contributed by atoms with Crippen molar-refractivity contribution >= 4 is 17.3 Å². The standard InChI is InChI=1S/C17H18FN3O4/c1-20(2)15-8-7-11(21(24)25)9-13(15)17(23)19-10-16(22)12-5-3-4-6-14(12)18/h3-9,16,22H,10H2,1-2H3,(H,19,23). The number of nitrogens with one attached hydrogen (secondary N) is 1. The number of halogens is 1. The summed E-state index contributed by atoms with van der Waals surface area (Å²) < 4.78 is 13.6. The number of nitro benzene ring substituents is 1. The highest BCUT2D eigenvalue weighted by molar-refractivity contribution is 6.00. The van der Waals surface area contributed by atoms with Gasteiger partial charge in [-0.15, -0.1) is 0 Å². The van der Waals surface area contributed by atoms with Crippen molar-refractivity contribution in [3.05, 3.63) is 69.5 Å². The van der Waals surface area contributed by atoms with Crippen LogP contribution in [0, 0.1) is 15.9 Å². The Labute approximate surface area is 143 Å². The van der Waals surface area contributed by atoms with Gasteiger partial charge in [-0.3, -0.25) is 14.9 Å². The maximum absolute atomic E-state index is 13.6. The Balaban J connectivity index is 2.18. The smallest absolute Gasteiger partial charge is 0.270 e. The van der Waals surface area contributed by atoms with Gasteiger partial charge in [-0.25, -0.2) is 4.39 Å². The lowest BCUT2D eigenvalue weighted by atomic mass is 10.1. The molecule has 0 aliphatic carbocycles. The van der Waals surface area contributed by atoms with Crippen LogP contribution in [0.25, 0.3) is 0 Å². The molecule has 25 heavy (non-hydrogen) atoms. The summed E-state index contributed by atoms with van der Waals surface area (Å²) >= 11 is 0. The molecule has 0 spiro atoms. The van der Waals surface area contributed by atoms with E-state index >= 15 is 0 Å². The van der Waals surface area contributed by atoms with Crippen molar-refractivity contribution in [2.45, 2.75) is 6.10 Å². The first-order valence-electron chi connectivity index (χ1n) is 7.47. The van der Waals surface area contributed by atoms with Gasteiger partial charge < -0.3 is 15.3 Å². The van der Waals surface area contributed by atoms with E-state index in [9.17, 15) is 24.4 Å². The van der Waals surface area contributed by atoms with Gasteiger partial charge >= 0.3 is 0 Å². The molecule has 7 nitrogen and oxygen atoms in total. The third-order valence-electron chi connectivity index (χ3n) is 3.64. The Hall–Kier alpha value is -3.00. The van der Waals surface area contributed by atoms with E-state index in [0.717, 1.165) is 0 Å². The molecular formula is C17H18FN3O4. The Kier molecular flexibility index (Phi) is 5.66. The van der Waals surface area contributed by atoms with Gasteiger partial charge in [0, 0.05) is 44.0 Å². The summed E-state index contributed by atoms with van der Waals surface area (Å²) in [7, 11) is 3.40. The molecule has 0 saturated heterocycles. The first-order valence-corrected chi connectivity index (χ1v) is 7.47. The Morgan fingerprint density at radius 1 is 1.32 bits per heavy atom. The second-order valence-electron chi connectivity index (χ2n) is 5.60. The quantitative estimate of drug-likeness (QED) is 0.617. The summed E-state index contributed by atoms with van der Waals surface area (Å²) in [6.07, 6.45) is -1.23. The van der Waals surface area contributed by atoms with Gasteiger partial charge in [-0.05, 0) is 12.1 Å². The number of rotatable bonds is 6. The average Bonchev–Trinajstić information content (AvgIpc) is 2.59. The zero-order chi connectivity index (χ0) is 18.6. The van der Waals surface area contributed by atoms with Gasteiger partial charge in [-0.2, -0.15) is 0 Å². The van der Waals surface area contributed by atoms with Crippen LogP contribution < -0.4 is 10.2 Å². The van der Waals surface area contributed by atoms with Crippen LogP contribution in [0.15, 0.2) is 42.5 Å². The monoisotopic (exact) mass is 347 g/mol. The number of aliphatic hydroxyl groups excluding tert-OH is 1. The van der Waals surface area contributed by atoms with Crippen LogP contribution in [-0.4, -0.2) is 36.6 Å². The highest BCUT2D eigenvalue weighted by Gasteiger charge is 2.19. The van der Waals surface area contributed by atoms with Gasteiger partial charge in [0.1, 0.15) is 5.82 Å². The molecule has 132 valence electrons. The lowest BCUT2D eigenvalue weighted by molar-refractivity contribution is -0.384. The molecule has 0 radical (unpaired) electrons. The molecular weight excluding hydrogens is 329 g/mol. The fourth-order valence-electron chi connectivity index (χ4n) is 2.35. The van der Waals surface area contributed by atoms with Gasteiger partial charge in [0.05, 0.1) is 16.6 Å². The minimum atomic E-state index is -1.23. The number of aliphatic hydroxyl groups is 1. The van der Waals surface area contributed by atoms with E-state index in [1.807, 2.05) is 0 Å². The summed E-state index contributed by atoms with van der Waals surface area (Å²) in [6.45, 7) is -0.227. The number of non-ortho nitro benzene ring substituents is 1. The van der Waals surface area contributed by atoms with Crippen LogP contribution in [0.1, 0.15) is 22.0 Å². The lowest BCUT2D eigenvalue weighted by Gasteiger charge is -2.18. The number of nitro groups is 1. The summed E-state index contributed by atoms with van der Waals surface area (Å²) in [6, 6.07) is 9.65. The summed E-state index contributed by atoms with van der Waals surface area (Å²) in [5.41, 5.74) is 0.434. The maximum atomic E-state index is 13.6. The molecule has 1 atom stereocenters. The maximum Gasteiger partial charge on any atom is 0.270 e. The van der Waals surface area contributed by atoms with Crippen LogP contribution in [0.4, 0.5) is 15.8 Å². The number of carbonyl (C=O) groups excluding carboxylic acids is 1. The molecule has 2 aromatic carbocycles. The minimum absolute atomic E-state index is 0.0645. The zero-order valence-corrected chi connectivity index (χ0v) is 13.8. The fourth-order valence-corrected chi connectivity index (χ4v) is 2.35. The van der Waals surface area contributed by atoms with Crippen molar-refractivity contribution in [2.75, 3.05) is 25.5 Å². The van der Waals surface area contributed by atoms with Crippen LogP contribution in [0.3, 0.4) is 0 Å². The van der Waals surface area contributed by atoms with Crippen molar-refractivity contribution in [3.8, 4) is 0 Å². The zero-order valence-electron chi connectivity index (χ0n) is 13.8. The van der Waals surface area contributed by atoms with E-state index in [-0.39, 0.29) is 23.4 Å². The van der Waals surface area contributed by atoms with Crippen molar-refractivity contribution in [3.63, 3.8) is 0 Å². The van der Waals surface area contributed by atoms with Crippen LogP contribution in [0.5, 0.6) is 0 Å². The molecule has 0 fully saturated rings. The van der Waals surface area contributed by atoms with E-state index in [1.54, 1.807) is 25.1 Å². The number of hydrogen-bond donors (Lipinski definition) is 2. The predicted molar refractivity (Wildman–Crippen MR) is 91.1 cm³/mol. The highest BCUT2D eigenvalue weighted by atomic mass is 19.1. The van der Waals surface area contributed by atoms with Gasteiger partial charge in [0.2, 0.25) is 0 Å². The lowest BCUT2D eigenvalue weighted by Crippen LogP contribution is -2.30. The number of hydrogen-bond acceptors (Lipinski definition) is 5. The van der Waals surface area contributed by atoms with Crippen molar-refractivity contribution in [1.82, 2.24) is 5.32 Å². The Morgan fingerprint density at radius 3 is 2.60 bits per heavy atom. The van der Waals surface area contributed by atoms with Gasteiger partial charge in [-0.1, -0.05) is 18.2 Å². The van der Waals surface area contributed by atoms with Crippen molar-refractivity contribution in [1.29, 1.82) is 0 Å². The second kappa shape index (κ2) is 7.71. The molecule has 1 amide bonds. The summed E-state index contributed by atoms with van der Waals surface area (Å²) in [5, 5.41) is 23.5. The molecule has 0 saturated carbocycles. The molecule has 0 heterocycles. The number of nitrogens with zero attached hydrogens (tertiary/aromatic N) is 2. The van der Waals surface area contributed by atoms with E-state index in [2.05, 4.69) is 5.32 Å². The normalized spacial score (nSPS) is 11.7. The molecule has 2 rings (SSSR count).